The van der Waals surface area contributed by atoms with E-state index in [-0.39, 0.29) is 5.91 Å². The van der Waals surface area contributed by atoms with Crippen molar-refractivity contribution in [3.63, 3.8) is 0 Å². The van der Waals surface area contributed by atoms with Crippen molar-refractivity contribution in [3.8, 4) is 5.88 Å². The lowest BCUT2D eigenvalue weighted by atomic mass is 10.0. The SMILES string of the molecule is COc1ncccc1C(=O)Nc1ccc2c(c1)NCCC2. The molecule has 2 aromatic rings. The van der Waals surface area contributed by atoms with Crippen LogP contribution in [0.2, 0.25) is 0 Å². The first-order chi connectivity index (χ1) is 10.3. The Balaban J connectivity index is 1.81. The Kier molecular flexibility index (Phi) is 3.73. The van der Waals surface area contributed by atoms with Crippen LogP contribution < -0.4 is 15.4 Å². The number of anilines is 2. The summed E-state index contributed by atoms with van der Waals surface area (Å²) in [5, 5.41) is 6.23. The normalized spacial score (nSPS) is 13.0. The van der Waals surface area contributed by atoms with Gasteiger partial charge in [0.15, 0.2) is 0 Å². The number of nitrogens with zero attached hydrogens (tertiary/aromatic N) is 1. The van der Waals surface area contributed by atoms with Gasteiger partial charge in [0.2, 0.25) is 5.88 Å². The third-order valence-electron chi connectivity index (χ3n) is 3.52. The molecule has 3 rings (SSSR count). The van der Waals surface area contributed by atoms with Crippen molar-refractivity contribution in [2.24, 2.45) is 0 Å². The maximum absolute atomic E-state index is 12.3. The molecule has 5 heteroatoms. The van der Waals surface area contributed by atoms with E-state index < -0.39 is 0 Å². The number of methoxy groups -OCH3 is 1. The van der Waals surface area contributed by atoms with E-state index in [9.17, 15) is 4.79 Å². The minimum atomic E-state index is -0.226. The zero-order chi connectivity index (χ0) is 14.7. The molecule has 0 fully saturated rings. The zero-order valence-corrected chi connectivity index (χ0v) is 11.8. The second-order valence-corrected chi connectivity index (χ2v) is 4.92. The quantitative estimate of drug-likeness (QED) is 0.909. The van der Waals surface area contributed by atoms with E-state index in [1.807, 2.05) is 12.1 Å². The molecule has 0 saturated carbocycles. The van der Waals surface area contributed by atoms with Gasteiger partial charge in [-0.15, -0.1) is 0 Å². The van der Waals surface area contributed by atoms with E-state index >= 15 is 0 Å². The summed E-state index contributed by atoms with van der Waals surface area (Å²) in [5.41, 5.74) is 3.57. The number of amides is 1. The predicted molar refractivity (Wildman–Crippen MR) is 82.0 cm³/mol. The molecular formula is C16H17N3O2. The molecule has 1 aromatic carbocycles. The van der Waals surface area contributed by atoms with Gasteiger partial charge in [0, 0.05) is 24.1 Å². The molecule has 2 heterocycles. The molecule has 0 bridgehead atoms. The summed E-state index contributed by atoms with van der Waals surface area (Å²) in [6.45, 7) is 0.973. The smallest absolute Gasteiger partial charge is 0.261 e. The third-order valence-corrected chi connectivity index (χ3v) is 3.52. The Morgan fingerprint density at radius 2 is 2.29 bits per heavy atom. The van der Waals surface area contributed by atoms with Crippen LogP contribution in [0.1, 0.15) is 22.3 Å². The Hall–Kier alpha value is -2.56. The van der Waals surface area contributed by atoms with Crippen molar-refractivity contribution in [3.05, 3.63) is 47.7 Å². The molecule has 1 aliphatic rings. The van der Waals surface area contributed by atoms with Crippen LogP contribution in [-0.2, 0) is 6.42 Å². The minimum Gasteiger partial charge on any atom is -0.480 e. The highest BCUT2D eigenvalue weighted by Crippen LogP contribution is 2.26. The molecule has 5 nitrogen and oxygen atoms in total. The van der Waals surface area contributed by atoms with Crippen molar-refractivity contribution < 1.29 is 9.53 Å². The number of hydrogen-bond donors (Lipinski definition) is 2. The Morgan fingerprint density at radius 1 is 1.38 bits per heavy atom. The van der Waals surface area contributed by atoms with Crippen LogP contribution in [0.5, 0.6) is 5.88 Å². The average Bonchev–Trinajstić information content (AvgIpc) is 2.54. The number of carbonyl (C=O) groups excluding carboxylic acids is 1. The fourth-order valence-electron chi connectivity index (χ4n) is 2.46. The van der Waals surface area contributed by atoms with Crippen molar-refractivity contribution >= 4 is 17.3 Å². The molecule has 108 valence electrons. The highest BCUT2D eigenvalue weighted by atomic mass is 16.5. The van der Waals surface area contributed by atoms with Crippen molar-refractivity contribution in [1.29, 1.82) is 0 Å². The maximum atomic E-state index is 12.3. The van der Waals surface area contributed by atoms with Crippen LogP contribution in [0.3, 0.4) is 0 Å². The van der Waals surface area contributed by atoms with Crippen LogP contribution >= 0.6 is 0 Å². The second-order valence-electron chi connectivity index (χ2n) is 4.92. The van der Waals surface area contributed by atoms with E-state index in [1.165, 1.54) is 12.7 Å². The minimum absolute atomic E-state index is 0.226. The molecule has 0 aliphatic carbocycles. The van der Waals surface area contributed by atoms with Crippen LogP contribution in [-0.4, -0.2) is 24.5 Å². The number of carbonyl (C=O) groups is 1. The van der Waals surface area contributed by atoms with Crippen LogP contribution in [0.4, 0.5) is 11.4 Å². The standard InChI is InChI=1S/C16H17N3O2/c1-21-16-13(5-3-9-18-16)15(20)19-12-7-6-11-4-2-8-17-14(11)10-12/h3,5-7,9-10,17H,2,4,8H2,1H3,(H,19,20). The summed E-state index contributed by atoms with van der Waals surface area (Å²) in [7, 11) is 1.50. The summed E-state index contributed by atoms with van der Waals surface area (Å²) in [4.78, 5) is 16.3. The summed E-state index contributed by atoms with van der Waals surface area (Å²) < 4.78 is 5.11. The highest BCUT2D eigenvalue weighted by molar-refractivity contribution is 6.06. The Morgan fingerprint density at radius 3 is 3.14 bits per heavy atom. The van der Waals surface area contributed by atoms with Crippen LogP contribution in [0.15, 0.2) is 36.5 Å². The molecule has 0 unspecified atom stereocenters. The summed E-state index contributed by atoms with van der Waals surface area (Å²) in [5.74, 6) is 0.0989. The molecule has 0 spiro atoms. The number of hydrogen-bond acceptors (Lipinski definition) is 4. The van der Waals surface area contributed by atoms with Crippen molar-refractivity contribution in [2.45, 2.75) is 12.8 Å². The van der Waals surface area contributed by atoms with Gasteiger partial charge in [0.05, 0.1) is 7.11 Å². The monoisotopic (exact) mass is 283 g/mol. The number of pyridine rings is 1. The van der Waals surface area contributed by atoms with Crippen molar-refractivity contribution in [2.75, 3.05) is 24.3 Å². The highest BCUT2D eigenvalue weighted by Gasteiger charge is 2.14. The first-order valence-corrected chi connectivity index (χ1v) is 6.95. The number of fused-ring (bicyclic) bond motifs is 1. The Bertz CT molecular complexity index is 670. The first kappa shape index (κ1) is 13.4. The van der Waals surface area contributed by atoms with E-state index in [1.54, 1.807) is 18.3 Å². The average molecular weight is 283 g/mol. The van der Waals surface area contributed by atoms with E-state index in [2.05, 4.69) is 21.7 Å². The molecule has 2 N–H and O–H groups in total. The van der Waals surface area contributed by atoms with Gasteiger partial charge in [0.1, 0.15) is 5.56 Å². The number of ether oxygens (including phenoxy) is 1. The van der Waals surface area contributed by atoms with Crippen LogP contribution in [0.25, 0.3) is 0 Å². The lowest BCUT2D eigenvalue weighted by Gasteiger charge is -2.19. The summed E-state index contributed by atoms with van der Waals surface area (Å²) in [6, 6.07) is 9.35. The zero-order valence-electron chi connectivity index (χ0n) is 11.8. The number of aryl methyl sites for hydroxylation is 1. The van der Waals surface area contributed by atoms with Gasteiger partial charge in [-0.05, 0) is 42.7 Å². The van der Waals surface area contributed by atoms with Gasteiger partial charge < -0.3 is 15.4 Å². The lowest BCUT2D eigenvalue weighted by molar-refractivity contribution is 0.102. The lowest BCUT2D eigenvalue weighted by Crippen LogP contribution is -2.15. The van der Waals surface area contributed by atoms with Gasteiger partial charge in [-0.25, -0.2) is 4.98 Å². The van der Waals surface area contributed by atoms with Crippen LogP contribution in [0, 0.1) is 0 Å². The van der Waals surface area contributed by atoms with E-state index in [4.69, 9.17) is 4.74 Å². The third kappa shape index (κ3) is 2.81. The van der Waals surface area contributed by atoms with Gasteiger partial charge in [0.25, 0.3) is 5.91 Å². The molecule has 1 aromatic heterocycles. The van der Waals surface area contributed by atoms with Gasteiger partial charge in [-0.2, -0.15) is 0 Å². The number of aromatic nitrogens is 1. The molecule has 0 atom stereocenters. The van der Waals surface area contributed by atoms with Gasteiger partial charge in [-0.3, -0.25) is 4.79 Å². The van der Waals surface area contributed by atoms with Crippen molar-refractivity contribution in [1.82, 2.24) is 4.98 Å². The van der Waals surface area contributed by atoms with Gasteiger partial charge >= 0.3 is 0 Å². The molecule has 1 aliphatic heterocycles. The van der Waals surface area contributed by atoms with E-state index in [0.29, 0.717) is 11.4 Å². The largest absolute Gasteiger partial charge is 0.480 e. The Labute approximate surface area is 123 Å². The maximum Gasteiger partial charge on any atom is 0.261 e. The first-order valence-electron chi connectivity index (χ1n) is 6.95. The molecule has 21 heavy (non-hydrogen) atoms. The fraction of sp³-hybridized carbons (Fsp3) is 0.250. The summed E-state index contributed by atoms with van der Waals surface area (Å²) in [6.07, 6.45) is 3.82. The molecule has 1 amide bonds. The second kappa shape index (κ2) is 5.83. The molecule has 0 radical (unpaired) electrons. The van der Waals surface area contributed by atoms with Gasteiger partial charge in [-0.1, -0.05) is 6.07 Å². The summed E-state index contributed by atoms with van der Waals surface area (Å²) >= 11 is 0. The predicted octanol–water partition coefficient (Wildman–Crippen LogP) is 2.70. The number of nitrogens with one attached hydrogen (secondary N) is 2. The molecular weight excluding hydrogens is 266 g/mol. The molecule has 0 saturated heterocycles. The van der Waals surface area contributed by atoms with E-state index in [0.717, 1.165) is 30.8 Å². The number of rotatable bonds is 3. The number of benzene rings is 1. The topological polar surface area (TPSA) is 63.2 Å². The fourth-order valence-corrected chi connectivity index (χ4v) is 2.46.